The Kier molecular flexibility index (Phi) is 5.94. The molecule has 0 saturated heterocycles. The van der Waals surface area contributed by atoms with Gasteiger partial charge in [0.05, 0.1) is 18.4 Å². The lowest BCUT2D eigenvalue weighted by Gasteiger charge is -2.26. The Morgan fingerprint density at radius 1 is 1.21 bits per heavy atom. The number of nitrogens with one attached hydrogen (secondary N) is 2. The molecule has 0 fully saturated rings. The van der Waals surface area contributed by atoms with Gasteiger partial charge in [-0.15, -0.1) is 11.3 Å². The largest absolute Gasteiger partial charge is 0.459 e. The summed E-state index contributed by atoms with van der Waals surface area (Å²) in [5.41, 5.74) is 2.82. The minimum absolute atomic E-state index is 0.102. The molecule has 6 nitrogen and oxygen atoms in total. The van der Waals surface area contributed by atoms with Crippen molar-refractivity contribution >= 4 is 28.3 Å². The molecule has 0 aliphatic rings. The lowest BCUT2D eigenvalue weighted by Crippen LogP contribution is -2.37. The maximum atomic E-state index is 12.3. The monoisotopic (exact) mass is 397 g/mol. The number of hydrogen-bond donors (Lipinski definition) is 2. The highest BCUT2D eigenvalue weighted by atomic mass is 32.1. The molecular weight excluding hydrogens is 374 g/mol. The van der Waals surface area contributed by atoms with E-state index >= 15 is 0 Å². The molecule has 0 unspecified atom stereocenters. The second-order valence-corrected chi connectivity index (χ2v) is 8.14. The van der Waals surface area contributed by atoms with E-state index in [1.54, 1.807) is 17.5 Å². The maximum Gasteiger partial charge on any atom is 0.293 e. The first-order chi connectivity index (χ1) is 13.3. The second-order valence-electron chi connectivity index (χ2n) is 7.28. The van der Waals surface area contributed by atoms with Crippen LogP contribution in [0.2, 0.25) is 0 Å². The van der Waals surface area contributed by atoms with Crippen LogP contribution >= 0.6 is 11.3 Å². The van der Waals surface area contributed by atoms with Gasteiger partial charge in [0.25, 0.3) is 5.91 Å². The summed E-state index contributed by atoms with van der Waals surface area (Å²) in [5.74, 6) is -0.252. The molecule has 146 valence electrons. The third-order valence-electron chi connectivity index (χ3n) is 4.39. The zero-order valence-corrected chi connectivity index (χ0v) is 16.9. The van der Waals surface area contributed by atoms with Gasteiger partial charge in [-0.3, -0.25) is 14.9 Å². The fraction of sp³-hybridized carbons (Fsp3) is 0.286. The van der Waals surface area contributed by atoms with Crippen molar-refractivity contribution in [2.75, 3.05) is 11.9 Å². The summed E-state index contributed by atoms with van der Waals surface area (Å²) in [5, 5.41) is 7.85. The summed E-state index contributed by atoms with van der Waals surface area (Å²) in [6, 6.07) is 11.5. The molecule has 0 radical (unpaired) electrons. The number of anilines is 1. The van der Waals surface area contributed by atoms with Gasteiger partial charge in [0.1, 0.15) is 0 Å². The van der Waals surface area contributed by atoms with Crippen molar-refractivity contribution in [1.82, 2.24) is 10.3 Å². The molecule has 3 aromatic rings. The predicted molar refractivity (Wildman–Crippen MR) is 110 cm³/mol. The Bertz CT molecular complexity index is 961. The Morgan fingerprint density at radius 3 is 2.75 bits per heavy atom. The molecular formula is C21H23N3O3S. The van der Waals surface area contributed by atoms with Crippen LogP contribution in [0.1, 0.15) is 41.2 Å². The van der Waals surface area contributed by atoms with Crippen molar-refractivity contribution in [2.45, 2.75) is 32.6 Å². The number of aromatic nitrogens is 1. The van der Waals surface area contributed by atoms with Crippen LogP contribution in [0, 0.1) is 6.92 Å². The summed E-state index contributed by atoms with van der Waals surface area (Å²) in [7, 11) is 0. The number of hydrogen-bond acceptors (Lipinski definition) is 5. The third kappa shape index (κ3) is 5.07. The number of amides is 2. The van der Waals surface area contributed by atoms with Gasteiger partial charge in [0, 0.05) is 17.3 Å². The molecule has 2 heterocycles. The first kappa shape index (κ1) is 19.8. The standard InChI is InChI=1S/C21H23N3O3S/c1-14-6-4-7-15(10-14)21(2,3)13-22-18(25)11-16-12-28-20(23-16)24-19(26)17-8-5-9-27-17/h4-10,12H,11,13H2,1-3H3,(H,22,25)(H,23,24,26). The topological polar surface area (TPSA) is 84.2 Å². The number of nitrogens with zero attached hydrogens (tertiary/aromatic N) is 1. The van der Waals surface area contributed by atoms with Crippen molar-refractivity contribution in [3.05, 3.63) is 70.6 Å². The zero-order valence-electron chi connectivity index (χ0n) is 16.1. The Balaban J connectivity index is 1.52. The molecule has 0 spiro atoms. The summed E-state index contributed by atoms with van der Waals surface area (Å²) >= 11 is 1.27. The molecule has 3 rings (SSSR count). The van der Waals surface area contributed by atoms with Gasteiger partial charge in [-0.1, -0.05) is 43.7 Å². The van der Waals surface area contributed by atoms with Gasteiger partial charge in [0.15, 0.2) is 10.9 Å². The summed E-state index contributed by atoms with van der Waals surface area (Å²) in [6.45, 7) is 6.80. The van der Waals surface area contributed by atoms with E-state index < -0.39 is 0 Å². The number of benzene rings is 1. The van der Waals surface area contributed by atoms with Crippen LogP contribution in [0.5, 0.6) is 0 Å². The number of furan rings is 1. The van der Waals surface area contributed by atoms with Gasteiger partial charge in [0.2, 0.25) is 5.91 Å². The highest BCUT2D eigenvalue weighted by molar-refractivity contribution is 7.14. The van der Waals surface area contributed by atoms with Crippen molar-refractivity contribution in [2.24, 2.45) is 0 Å². The summed E-state index contributed by atoms with van der Waals surface area (Å²) in [6.07, 6.45) is 1.60. The normalized spacial score (nSPS) is 11.2. The number of rotatable bonds is 7. The average Bonchev–Trinajstić information content (AvgIpc) is 3.32. The fourth-order valence-electron chi connectivity index (χ4n) is 2.73. The van der Waals surface area contributed by atoms with Crippen molar-refractivity contribution in [3.63, 3.8) is 0 Å². The average molecular weight is 398 g/mol. The highest BCUT2D eigenvalue weighted by Gasteiger charge is 2.22. The molecule has 2 aromatic heterocycles. The van der Waals surface area contributed by atoms with Crippen LogP contribution in [-0.2, 0) is 16.6 Å². The maximum absolute atomic E-state index is 12.3. The summed E-state index contributed by atoms with van der Waals surface area (Å²) < 4.78 is 5.05. The van der Waals surface area contributed by atoms with Crippen LogP contribution in [-0.4, -0.2) is 23.3 Å². The van der Waals surface area contributed by atoms with Crippen LogP contribution < -0.4 is 10.6 Å². The summed E-state index contributed by atoms with van der Waals surface area (Å²) in [4.78, 5) is 28.6. The fourth-order valence-corrected chi connectivity index (χ4v) is 3.43. The molecule has 0 aliphatic heterocycles. The first-order valence-corrected chi connectivity index (χ1v) is 9.84. The molecule has 0 bridgehead atoms. The van der Waals surface area contributed by atoms with Gasteiger partial charge in [-0.2, -0.15) is 0 Å². The van der Waals surface area contributed by atoms with Crippen molar-refractivity contribution in [1.29, 1.82) is 0 Å². The van der Waals surface area contributed by atoms with E-state index in [1.165, 1.54) is 28.7 Å². The lowest BCUT2D eigenvalue weighted by molar-refractivity contribution is -0.120. The molecule has 2 amide bonds. The van der Waals surface area contributed by atoms with E-state index in [4.69, 9.17) is 4.42 Å². The van der Waals surface area contributed by atoms with Gasteiger partial charge >= 0.3 is 0 Å². The van der Waals surface area contributed by atoms with Gasteiger partial charge in [-0.25, -0.2) is 4.98 Å². The molecule has 2 N–H and O–H groups in total. The molecule has 0 aliphatic carbocycles. The second kappa shape index (κ2) is 8.39. The van der Waals surface area contributed by atoms with Crippen LogP contribution in [0.4, 0.5) is 5.13 Å². The van der Waals surface area contributed by atoms with Gasteiger partial charge in [-0.05, 0) is 24.6 Å². The van der Waals surface area contributed by atoms with Gasteiger partial charge < -0.3 is 9.73 Å². The van der Waals surface area contributed by atoms with E-state index in [1.807, 2.05) is 6.07 Å². The molecule has 7 heteroatoms. The highest BCUT2D eigenvalue weighted by Crippen LogP contribution is 2.23. The molecule has 0 atom stereocenters. The minimum atomic E-state index is -0.366. The van der Waals surface area contributed by atoms with Crippen LogP contribution in [0.15, 0.2) is 52.5 Å². The van der Waals surface area contributed by atoms with E-state index in [2.05, 4.69) is 54.6 Å². The molecule has 0 saturated carbocycles. The Hall–Kier alpha value is -2.93. The molecule has 28 heavy (non-hydrogen) atoms. The Morgan fingerprint density at radius 2 is 2.04 bits per heavy atom. The Labute approximate surface area is 168 Å². The first-order valence-electron chi connectivity index (χ1n) is 8.96. The predicted octanol–water partition coefficient (Wildman–Crippen LogP) is 3.93. The zero-order chi connectivity index (χ0) is 20.1. The minimum Gasteiger partial charge on any atom is -0.459 e. The van der Waals surface area contributed by atoms with E-state index in [9.17, 15) is 9.59 Å². The number of thiazole rings is 1. The SMILES string of the molecule is Cc1cccc(C(C)(C)CNC(=O)Cc2csc(NC(=O)c3ccco3)n2)c1. The van der Waals surface area contributed by atoms with E-state index in [-0.39, 0.29) is 29.4 Å². The number of aryl methyl sites for hydroxylation is 1. The van der Waals surface area contributed by atoms with E-state index in [0.717, 1.165) is 0 Å². The number of carbonyl (C=O) groups is 2. The van der Waals surface area contributed by atoms with Crippen LogP contribution in [0.25, 0.3) is 0 Å². The lowest BCUT2D eigenvalue weighted by atomic mass is 9.84. The third-order valence-corrected chi connectivity index (χ3v) is 5.19. The molecule has 1 aromatic carbocycles. The van der Waals surface area contributed by atoms with Crippen molar-refractivity contribution < 1.29 is 14.0 Å². The van der Waals surface area contributed by atoms with E-state index in [0.29, 0.717) is 17.4 Å². The smallest absolute Gasteiger partial charge is 0.293 e. The quantitative estimate of drug-likeness (QED) is 0.633. The van der Waals surface area contributed by atoms with Crippen LogP contribution in [0.3, 0.4) is 0 Å². The van der Waals surface area contributed by atoms with Crippen molar-refractivity contribution in [3.8, 4) is 0 Å². The number of carbonyl (C=O) groups excluding carboxylic acids is 2.